The van der Waals surface area contributed by atoms with Crippen LogP contribution in [0.15, 0.2) is 28.8 Å². The quantitative estimate of drug-likeness (QED) is 0.861. The van der Waals surface area contributed by atoms with Crippen LogP contribution < -0.4 is 0 Å². The summed E-state index contributed by atoms with van der Waals surface area (Å²) < 4.78 is 5.24. The zero-order valence-corrected chi connectivity index (χ0v) is 9.84. The maximum absolute atomic E-state index is 9.21. The minimum absolute atomic E-state index is 0.233. The van der Waals surface area contributed by atoms with Crippen LogP contribution in [0.1, 0.15) is 32.0 Å². The van der Waals surface area contributed by atoms with Crippen LogP contribution >= 0.6 is 0 Å². The van der Waals surface area contributed by atoms with E-state index >= 15 is 0 Å². The highest BCUT2D eigenvalue weighted by atomic mass is 16.5. The van der Waals surface area contributed by atoms with E-state index in [4.69, 9.17) is 4.52 Å². The fourth-order valence-electron chi connectivity index (χ4n) is 2.01. The second-order valence-corrected chi connectivity index (χ2v) is 5.25. The third-order valence-electron chi connectivity index (χ3n) is 3.38. The van der Waals surface area contributed by atoms with Gasteiger partial charge in [-0.1, -0.05) is 19.0 Å². The number of aromatic nitrogens is 2. The predicted molar refractivity (Wildman–Crippen MR) is 62.5 cm³/mol. The molecule has 0 amide bonds. The molecule has 0 radical (unpaired) electrons. The average molecular weight is 230 g/mol. The second kappa shape index (κ2) is 3.32. The molecular weight excluding hydrogens is 216 g/mol. The summed E-state index contributed by atoms with van der Waals surface area (Å²) in [5, 5.41) is 13.2. The Morgan fingerprint density at radius 3 is 2.53 bits per heavy atom. The lowest BCUT2D eigenvalue weighted by molar-refractivity contribution is 0.419. The molecule has 2 aromatic rings. The van der Waals surface area contributed by atoms with Crippen molar-refractivity contribution in [3.8, 4) is 17.2 Å². The second-order valence-electron chi connectivity index (χ2n) is 5.25. The van der Waals surface area contributed by atoms with Gasteiger partial charge in [-0.25, -0.2) is 0 Å². The number of aromatic hydroxyl groups is 1. The molecule has 17 heavy (non-hydrogen) atoms. The molecule has 1 aliphatic rings. The maximum atomic E-state index is 9.21. The van der Waals surface area contributed by atoms with Gasteiger partial charge in [0, 0.05) is 11.5 Å². The van der Waals surface area contributed by atoms with Crippen LogP contribution in [0.2, 0.25) is 0 Å². The molecule has 0 spiro atoms. The highest BCUT2D eigenvalue weighted by Crippen LogP contribution is 2.57. The van der Waals surface area contributed by atoms with Gasteiger partial charge in [0.2, 0.25) is 0 Å². The Morgan fingerprint density at radius 2 is 1.94 bits per heavy atom. The van der Waals surface area contributed by atoms with Gasteiger partial charge in [-0.3, -0.25) is 0 Å². The fraction of sp³-hybridized carbons (Fsp3) is 0.385. The van der Waals surface area contributed by atoms with Crippen LogP contribution in [0.5, 0.6) is 5.75 Å². The van der Waals surface area contributed by atoms with Crippen LogP contribution in [-0.2, 0) is 0 Å². The molecule has 3 rings (SSSR count). The monoisotopic (exact) mass is 230 g/mol. The summed E-state index contributed by atoms with van der Waals surface area (Å²) in [6, 6.07) is 6.76. The van der Waals surface area contributed by atoms with Crippen LogP contribution in [-0.4, -0.2) is 15.2 Å². The van der Waals surface area contributed by atoms with Gasteiger partial charge >= 0.3 is 0 Å². The Balaban J connectivity index is 1.88. The zero-order valence-electron chi connectivity index (χ0n) is 9.84. The van der Waals surface area contributed by atoms with E-state index in [2.05, 4.69) is 24.0 Å². The molecule has 4 nitrogen and oxygen atoms in total. The summed E-state index contributed by atoms with van der Waals surface area (Å²) in [6.45, 7) is 4.41. The SMILES string of the molecule is CC1(C)CC1c1noc(-c2ccc(O)cc2)n1. The Hall–Kier alpha value is -1.84. The van der Waals surface area contributed by atoms with Gasteiger partial charge in [0.1, 0.15) is 5.75 Å². The molecule has 1 heterocycles. The molecule has 1 unspecified atom stereocenters. The topological polar surface area (TPSA) is 59.2 Å². The summed E-state index contributed by atoms with van der Waals surface area (Å²) in [5.74, 6) is 1.95. The van der Waals surface area contributed by atoms with E-state index in [9.17, 15) is 5.11 Å². The Labute approximate surface area is 99.3 Å². The first-order chi connectivity index (χ1) is 8.06. The standard InChI is InChI=1S/C13H14N2O2/c1-13(2)7-10(13)11-14-12(17-15-11)8-3-5-9(16)6-4-8/h3-6,10,16H,7H2,1-2H3. The van der Waals surface area contributed by atoms with E-state index in [0.717, 1.165) is 17.8 Å². The fourth-order valence-corrected chi connectivity index (χ4v) is 2.01. The number of phenolic OH excluding ortho intramolecular Hbond substituents is 1. The number of hydrogen-bond acceptors (Lipinski definition) is 4. The first kappa shape index (κ1) is 10.3. The molecule has 0 saturated heterocycles. The molecule has 1 aromatic heterocycles. The Morgan fingerprint density at radius 1 is 1.29 bits per heavy atom. The molecule has 1 fully saturated rings. The van der Waals surface area contributed by atoms with Crippen LogP contribution in [0, 0.1) is 5.41 Å². The first-order valence-electron chi connectivity index (χ1n) is 5.69. The van der Waals surface area contributed by atoms with Gasteiger partial charge in [-0.2, -0.15) is 4.98 Å². The number of benzene rings is 1. The van der Waals surface area contributed by atoms with Crippen LogP contribution in [0.25, 0.3) is 11.5 Å². The number of rotatable bonds is 2. The van der Waals surface area contributed by atoms with Crippen molar-refractivity contribution in [1.29, 1.82) is 0 Å². The van der Waals surface area contributed by atoms with Crippen molar-refractivity contribution in [2.75, 3.05) is 0 Å². The Bertz CT molecular complexity index is 543. The van der Waals surface area contributed by atoms with Crippen molar-refractivity contribution in [3.63, 3.8) is 0 Å². The third-order valence-corrected chi connectivity index (χ3v) is 3.38. The lowest BCUT2D eigenvalue weighted by atomic mass is 10.1. The highest BCUT2D eigenvalue weighted by molar-refractivity contribution is 5.54. The molecule has 1 aliphatic carbocycles. The van der Waals surface area contributed by atoms with Crippen LogP contribution in [0.4, 0.5) is 0 Å². The van der Waals surface area contributed by atoms with Crippen LogP contribution in [0.3, 0.4) is 0 Å². The normalized spacial score (nSPS) is 21.4. The minimum Gasteiger partial charge on any atom is -0.508 e. The van der Waals surface area contributed by atoms with Gasteiger partial charge < -0.3 is 9.63 Å². The lowest BCUT2D eigenvalue weighted by Crippen LogP contribution is -1.91. The van der Waals surface area contributed by atoms with Crippen molar-refractivity contribution in [3.05, 3.63) is 30.1 Å². The molecular formula is C13H14N2O2. The van der Waals surface area contributed by atoms with Crippen molar-refractivity contribution in [1.82, 2.24) is 10.1 Å². The largest absolute Gasteiger partial charge is 0.508 e. The van der Waals surface area contributed by atoms with E-state index in [1.807, 2.05) is 0 Å². The summed E-state index contributed by atoms with van der Waals surface area (Å²) >= 11 is 0. The van der Waals surface area contributed by atoms with Gasteiger partial charge in [0.15, 0.2) is 5.82 Å². The molecule has 88 valence electrons. The van der Waals surface area contributed by atoms with E-state index in [1.165, 1.54) is 0 Å². The van der Waals surface area contributed by atoms with E-state index in [0.29, 0.717) is 17.2 Å². The van der Waals surface area contributed by atoms with Crippen molar-refractivity contribution in [2.24, 2.45) is 5.41 Å². The van der Waals surface area contributed by atoms with Crippen molar-refractivity contribution < 1.29 is 9.63 Å². The van der Waals surface area contributed by atoms with E-state index < -0.39 is 0 Å². The summed E-state index contributed by atoms with van der Waals surface area (Å²) in [6.07, 6.45) is 1.11. The molecule has 1 atom stereocenters. The van der Waals surface area contributed by atoms with Crippen molar-refractivity contribution >= 4 is 0 Å². The van der Waals surface area contributed by atoms with Gasteiger partial charge in [-0.05, 0) is 36.1 Å². The van der Waals surface area contributed by atoms with Gasteiger partial charge in [-0.15, -0.1) is 0 Å². The lowest BCUT2D eigenvalue weighted by Gasteiger charge is -1.96. The molecule has 0 aliphatic heterocycles. The van der Waals surface area contributed by atoms with E-state index in [-0.39, 0.29) is 5.75 Å². The summed E-state index contributed by atoms with van der Waals surface area (Å²) in [7, 11) is 0. The molecule has 1 N–H and O–H groups in total. The maximum Gasteiger partial charge on any atom is 0.257 e. The van der Waals surface area contributed by atoms with Crippen molar-refractivity contribution in [2.45, 2.75) is 26.2 Å². The highest BCUT2D eigenvalue weighted by Gasteiger charge is 2.49. The Kier molecular flexibility index (Phi) is 2.02. The van der Waals surface area contributed by atoms with Gasteiger partial charge in [0.05, 0.1) is 0 Å². The van der Waals surface area contributed by atoms with Gasteiger partial charge in [0.25, 0.3) is 5.89 Å². The summed E-state index contributed by atoms with van der Waals surface area (Å²) in [4.78, 5) is 4.41. The molecule has 1 aromatic carbocycles. The predicted octanol–water partition coefficient (Wildman–Crippen LogP) is 2.96. The average Bonchev–Trinajstić information content (AvgIpc) is 2.76. The number of nitrogens with zero attached hydrogens (tertiary/aromatic N) is 2. The molecule has 0 bridgehead atoms. The third kappa shape index (κ3) is 1.79. The molecule has 1 saturated carbocycles. The number of hydrogen-bond donors (Lipinski definition) is 1. The smallest absolute Gasteiger partial charge is 0.257 e. The molecule has 4 heteroatoms. The number of phenols is 1. The minimum atomic E-state index is 0.233. The van der Waals surface area contributed by atoms with E-state index in [1.54, 1.807) is 24.3 Å². The summed E-state index contributed by atoms with van der Waals surface area (Å²) in [5.41, 5.74) is 1.14. The first-order valence-corrected chi connectivity index (χ1v) is 5.69. The zero-order chi connectivity index (χ0) is 12.0.